The number of rotatable bonds is 53. The van der Waals surface area contributed by atoms with Gasteiger partial charge in [-0.3, -0.25) is 14.2 Å². The number of esters is 2. The number of ether oxygens (including phenoxy) is 2. The van der Waals surface area contributed by atoms with Crippen LogP contribution in [0.15, 0.2) is 134 Å². The zero-order chi connectivity index (χ0) is 55.6. The topological polar surface area (TPSA) is 111 Å². The van der Waals surface area contributed by atoms with E-state index in [2.05, 4.69) is 148 Å². The molecule has 0 aromatic rings. The Hall–Kier alpha value is -3.85. The summed E-state index contributed by atoms with van der Waals surface area (Å²) in [6.45, 7) is 4.06. The molecule has 0 aliphatic rings. The van der Waals surface area contributed by atoms with E-state index in [-0.39, 0.29) is 26.1 Å². The van der Waals surface area contributed by atoms with Crippen molar-refractivity contribution in [1.29, 1.82) is 0 Å². The van der Waals surface area contributed by atoms with Gasteiger partial charge in [0.1, 0.15) is 19.8 Å². The molecule has 2 atom stereocenters. The maximum atomic E-state index is 12.8. The van der Waals surface area contributed by atoms with E-state index in [0.29, 0.717) is 17.4 Å². The van der Waals surface area contributed by atoms with E-state index < -0.39 is 32.5 Å². The normalized spacial score (nSPS) is 14.2. The monoisotopic (exact) mass is 1080 g/mol. The zero-order valence-electron chi connectivity index (χ0n) is 48.9. The Morgan fingerprint density at radius 3 is 1.12 bits per heavy atom. The summed E-state index contributed by atoms with van der Waals surface area (Å²) in [6.07, 6.45) is 80.6. The van der Waals surface area contributed by atoms with Crippen LogP contribution in [0.1, 0.15) is 219 Å². The second-order valence-corrected chi connectivity index (χ2v) is 22.0. The molecule has 0 heterocycles. The number of phosphoric ester groups is 1. The molecule has 0 aromatic carbocycles. The summed E-state index contributed by atoms with van der Waals surface area (Å²) in [6, 6.07) is 0. The highest BCUT2D eigenvalue weighted by atomic mass is 31.2. The highest BCUT2D eigenvalue weighted by molar-refractivity contribution is 7.45. The molecular weight excluding hydrogens is 966 g/mol. The van der Waals surface area contributed by atoms with E-state index in [1.165, 1.54) is 57.8 Å². The Morgan fingerprint density at radius 2 is 0.750 bits per heavy atom. The van der Waals surface area contributed by atoms with Crippen LogP contribution in [0.25, 0.3) is 0 Å². The maximum absolute atomic E-state index is 12.8. The number of hydrogen-bond donors (Lipinski definition) is 0. The molecule has 0 spiro atoms. The van der Waals surface area contributed by atoms with Crippen LogP contribution in [0.3, 0.4) is 0 Å². The van der Waals surface area contributed by atoms with E-state index in [0.717, 1.165) is 128 Å². The third-order valence-corrected chi connectivity index (χ3v) is 13.1. The third kappa shape index (κ3) is 59.4. The fourth-order valence-electron chi connectivity index (χ4n) is 7.56. The highest BCUT2D eigenvalue weighted by Gasteiger charge is 2.21. The van der Waals surface area contributed by atoms with E-state index in [9.17, 15) is 19.0 Å². The Labute approximate surface area is 466 Å². The molecule has 0 radical (unpaired) electrons. The minimum atomic E-state index is -4.65. The van der Waals surface area contributed by atoms with Crippen molar-refractivity contribution in [2.75, 3.05) is 47.5 Å². The van der Waals surface area contributed by atoms with Gasteiger partial charge in [0.2, 0.25) is 0 Å². The van der Waals surface area contributed by atoms with E-state index in [4.69, 9.17) is 18.5 Å². The fraction of sp³-hybridized carbons (Fsp3) is 0.636. The van der Waals surface area contributed by atoms with Crippen molar-refractivity contribution in [1.82, 2.24) is 0 Å². The van der Waals surface area contributed by atoms with E-state index in [1.807, 2.05) is 21.1 Å². The third-order valence-electron chi connectivity index (χ3n) is 12.2. The van der Waals surface area contributed by atoms with Crippen LogP contribution in [0.4, 0.5) is 0 Å². The molecule has 0 rings (SSSR count). The van der Waals surface area contributed by atoms with E-state index in [1.54, 1.807) is 0 Å². The molecule has 0 saturated heterocycles. The number of quaternary nitrogens is 1. The number of allylic oxidation sites excluding steroid dienone is 22. The van der Waals surface area contributed by atoms with Gasteiger partial charge in [0.05, 0.1) is 27.7 Å². The lowest BCUT2D eigenvalue weighted by Crippen LogP contribution is -2.37. The maximum Gasteiger partial charge on any atom is 0.306 e. The minimum Gasteiger partial charge on any atom is -0.756 e. The molecule has 0 amide bonds. The molecule has 76 heavy (non-hydrogen) atoms. The predicted octanol–water partition coefficient (Wildman–Crippen LogP) is 18.3. The van der Waals surface area contributed by atoms with Gasteiger partial charge in [-0.2, -0.15) is 0 Å². The highest BCUT2D eigenvalue weighted by Crippen LogP contribution is 2.38. The average Bonchev–Trinajstić information content (AvgIpc) is 3.38. The molecule has 0 aliphatic heterocycles. The Morgan fingerprint density at radius 1 is 0.421 bits per heavy atom. The van der Waals surface area contributed by atoms with Gasteiger partial charge in [0.15, 0.2) is 6.10 Å². The summed E-state index contributed by atoms with van der Waals surface area (Å²) < 4.78 is 34.1. The van der Waals surface area contributed by atoms with Crippen molar-refractivity contribution in [3.63, 3.8) is 0 Å². The van der Waals surface area contributed by atoms with Gasteiger partial charge in [-0.25, -0.2) is 0 Å². The zero-order valence-corrected chi connectivity index (χ0v) is 49.8. The van der Waals surface area contributed by atoms with E-state index >= 15 is 0 Å². The SMILES string of the molecule is CC/C=C\C/C=C\C/C=C\C/C=C\C/C=C\C/C=C\C/C=C\C/C=C\C/C=C\CCCCCCCC(=O)OC(COC(=O)CCCCCCCCCCC/C=C\C/C=C\CCCCC)COP(=O)([O-])OCC[N+](C)(C)C. The van der Waals surface area contributed by atoms with Gasteiger partial charge in [0, 0.05) is 12.8 Å². The lowest BCUT2D eigenvalue weighted by atomic mass is 10.1. The Kier molecular flexibility index (Phi) is 53.1. The van der Waals surface area contributed by atoms with Crippen molar-refractivity contribution >= 4 is 19.8 Å². The van der Waals surface area contributed by atoms with Gasteiger partial charge in [0.25, 0.3) is 7.82 Å². The summed E-state index contributed by atoms with van der Waals surface area (Å²) in [5.74, 6) is -0.869. The summed E-state index contributed by atoms with van der Waals surface area (Å²) in [7, 11) is 1.13. The number of nitrogens with zero attached hydrogens (tertiary/aromatic N) is 1. The van der Waals surface area contributed by atoms with Crippen LogP contribution in [-0.2, 0) is 32.7 Å². The summed E-state index contributed by atoms with van der Waals surface area (Å²) in [5, 5.41) is 0. The van der Waals surface area contributed by atoms with Gasteiger partial charge in [-0.05, 0) is 116 Å². The first-order chi connectivity index (χ1) is 37.0. The molecule has 9 nitrogen and oxygen atoms in total. The Balaban J connectivity index is 4.25. The van der Waals surface area contributed by atoms with Gasteiger partial charge in [-0.1, -0.05) is 225 Å². The first-order valence-corrected chi connectivity index (χ1v) is 31.4. The molecule has 432 valence electrons. The van der Waals surface area contributed by atoms with Crippen molar-refractivity contribution in [3.8, 4) is 0 Å². The van der Waals surface area contributed by atoms with Gasteiger partial charge < -0.3 is 27.9 Å². The molecule has 0 aromatic heterocycles. The van der Waals surface area contributed by atoms with Crippen molar-refractivity contribution in [3.05, 3.63) is 134 Å². The molecule has 0 aliphatic carbocycles. The molecule has 0 N–H and O–H groups in total. The lowest BCUT2D eigenvalue weighted by molar-refractivity contribution is -0.870. The summed E-state index contributed by atoms with van der Waals surface area (Å²) in [5.41, 5.74) is 0. The predicted molar refractivity (Wildman–Crippen MR) is 323 cm³/mol. The molecular formula is C66H110NO8P. The molecule has 0 saturated carbocycles. The number of hydrogen-bond acceptors (Lipinski definition) is 8. The first-order valence-electron chi connectivity index (χ1n) is 29.9. The van der Waals surface area contributed by atoms with Gasteiger partial charge >= 0.3 is 11.9 Å². The standard InChI is InChI=1S/C66H110NO8P/c1-6-8-10-12-14-16-18-20-22-24-26-27-28-29-30-31-32-33-34-35-36-37-38-39-41-43-45-47-49-51-53-55-57-59-66(69)75-64(63-74-76(70,71)73-61-60-67(3,4)5)62-72-65(68)58-56-54-52-50-48-46-44-42-40-25-23-21-19-17-15-13-11-9-7-2/h8,10,14-17,20-23,26-27,29-30,32-33,35-36,38-39,43,45,64H,6-7,9,11-13,18-19,24-25,28,31,34,37,40-42,44,46-63H2,1-5H3/b10-8-,16-14-,17-15-,22-20-,23-21-,27-26-,30-29-,33-32-,36-35-,39-38-,45-43-. The van der Waals surface area contributed by atoms with Crippen LogP contribution in [0.5, 0.6) is 0 Å². The van der Waals surface area contributed by atoms with Gasteiger partial charge in [-0.15, -0.1) is 0 Å². The Bertz CT molecular complexity index is 1740. The number of carbonyl (C=O) groups is 2. The second-order valence-electron chi connectivity index (χ2n) is 20.6. The quantitative estimate of drug-likeness (QED) is 0.0195. The number of unbranched alkanes of at least 4 members (excludes halogenated alkanes) is 17. The lowest BCUT2D eigenvalue weighted by Gasteiger charge is -2.28. The first kappa shape index (κ1) is 72.2. The van der Waals surface area contributed by atoms with Crippen molar-refractivity contribution < 1.29 is 42.1 Å². The fourth-order valence-corrected chi connectivity index (χ4v) is 8.29. The van der Waals surface area contributed by atoms with Crippen LogP contribution in [0.2, 0.25) is 0 Å². The molecule has 2 unspecified atom stereocenters. The number of phosphoric acid groups is 1. The average molecular weight is 1080 g/mol. The van der Waals surface area contributed by atoms with Crippen molar-refractivity contribution in [2.24, 2.45) is 0 Å². The largest absolute Gasteiger partial charge is 0.756 e. The van der Waals surface area contributed by atoms with Crippen LogP contribution in [-0.4, -0.2) is 70.0 Å². The smallest absolute Gasteiger partial charge is 0.306 e. The van der Waals surface area contributed by atoms with Crippen LogP contribution < -0.4 is 4.89 Å². The minimum absolute atomic E-state index is 0.0430. The van der Waals surface area contributed by atoms with Crippen LogP contribution >= 0.6 is 7.82 Å². The molecule has 0 fully saturated rings. The molecule has 0 bridgehead atoms. The second kappa shape index (κ2) is 55.9. The summed E-state index contributed by atoms with van der Waals surface area (Å²) in [4.78, 5) is 37.9. The number of carbonyl (C=O) groups excluding carboxylic acids is 2. The summed E-state index contributed by atoms with van der Waals surface area (Å²) >= 11 is 0. The molecule has 10 heteroatoms. The number of likely N-dealkylation sites (N-methyl/N-ethyl adjacent to an activating group) is 1. The van der Waals surface area contributed by atoms with Crippen LogP contribution in [0, 0.1) is 0 Å². The van der Waals surface area contributed by atoms with Crippen molar-refractivity contribution in [2.45, 2.75) is 225 Å².